The van der Waals surface area contributed by atoms with E-state index >= 15 is 0 Å². The zero-order valence-electron chi connectivity index (χ0n) is 15.0. The van der Waals surface area contributed by atoms with Crippen LogP contribution in [0.5, 0.6) is 0 Å². The molecule has 2 aliphatic heterocycles. The van der Waals surface area contributed by atoms with Crippen molar-refractivity contribution in [2.45, 2.75) is 51.5 Å². The zero-order valence-corrected chi connectivity index (χ0v) is 15.9. The molecule has 2 fully saturated rings. The van der Waals surface area contributed by atoms with Crippen LogP contribution in [0.3, 0.4) is 0 Å². The van der Waals surface area contributed by atoms with E-state index in [1.54, 1.807) is 9.80 Å². The SMILES string of the molecule is CCCC(=O)N1CCCC1C(=O)N1CCCC(C(=O)NCCN)C1.Cl. The van der Waals surface area contributed by atoms with Gasteiger partial charge in [-0.3, -0.25) is 14.4 Å². The molecule has 0 spiro atoms. The molecule has 3 N–H and O–H groups in total. The predicted octanol–water partition coefficient (Wildman–Crippen LogP) is 0.513. The first kappa shape index (κ1) is 21.7. The van der Waals surface area contributed by atoms with E-state index in [-0.39, 0.29) is 42.1 Å². The van der Waals surface area contributed by atoms with Gasteiger partial charge in [0.05, 0.1) is 5.92 Å². The van der Waals surface area contributed by atoms with Gasteiger partial charge < -0.3 is 20.9 Å². The van der Waals surface area contributed by atoms with Crippen LogP contribution in [0.1, 0.15) is 45.4 Å². The van der Waals surface area contributed by atoms with Crippen LogP contribution in [0.25, 0.3) is 0 Å². The van der Waals surface area contributed by atoms with Crippen LogP contribution < -0.4 is 11.1 Å². The molecule has 0 aliphatic carbocycles. The van der Waals surface area contributed by atoms with E-state index in [1.165, 1.54) is 0 Å². The molecule has 8 heteroatoms. The number of nitrogens with two attached hydrogens (primary N) is 1. The van der Waals surface area contributed by atoms with Gasteiger partial charge in [-0.1, -0.05) is 6.92 Å². The molecule has 0 bridgehead atoms. The number of halogens is 1. The van der Waals surface area contributed by atoms with Gasteiger partial charge in [0.15, 0.2) is 0 Å². The van der Waals surface area contributed by atoms with Crippen LogP contribution in [0.15, 0.2) is 0 Å². The molecular weight excluding hydrogens is 344 g/mol. The number of piperidine rings is 1. The van der Waals surface area contributed by atoms with Crippen molar-refractivity contribution in [1.29, 1.82) is 0 Å². The maximum atomic E-state index is 12.9. The molecule has 0 aromatic carbocycles. The summed E-state index contributed by atoms with van der Waals surface area (Å²) < 4.78 is 0. The van der Waals surface area contributed by atoms with Crippen LogP contribution >= 0.6 is 12.4 Å². The molecule has 2 unspecified atom stereocenters. The number of hydrogen-bond acceptors (Lipinski definition) is 4. The quantitative estimate of drug-likeness (QED) is 0.708. The maximum absolute atomic E-state index is 12.9. The summed E-state index contributed by atoms with van der Waals surface area (Å²) in [5.41, 5.74) is 5.42. The first-order chi connectivity index (χ1) is 11.6. The molecule has 144 valence electrons. The predicted molar refractivity (Wildman–Crippen MR) is 98.3 cm³/mol. The number of nitrogens with one attached hydrogen (secondary N) is 1. The average molecular weight is 375 g/mol. The third-order valence-electron chi connectivity index (χ3n) is 4.87. The third-order valence-corrected chi connectivity index (χ3v) is 4.87. The van der Waals surface area contributed by atoms with Gasteiger partial charge in [-0.15, -0.1) is 12.4 Å². The summed E-state index contributed by atoms with van der Waals surface area (Å²) in [6.07, 6.45) is 4.51. The highest BCUT2D eigenvalue weighted by molar-refractivity contribution is 5.89. The number of rotatable bonds is 6. The summed E-state index contributed by atoms with van der Waals surface area (Å²) >= 11 is 0. The summed E-state index contributed by atoms with van der Waals surface area (Å²) in [6, 6.07) is -0.338. The van der Waals surface area contributed by atoms with E-state index in [0.29, 0.717) is 39.1 Å². The van der Waals surface area contributed by atoms with Crippen molar-refractivity contribution in [2.24, 2.45) is 11.7 Å². The summed E-state index contributed by atoms with van der Waals surface area (Å²) in [4.78, 5) is 40.7. The topological polar surface area (TPSA) is 95.7 Å². The molecule has 2 saturated heterocycles. The Hall–Kier alpha value is -1.34. The summed E-state index contributed by atoms with van der Waals surface area (Å²) in [5.74, 6) is -0.116. The highest BCUT2D eigenvalue weighted by Gasteiger charge is 2.38. The van der Waals surface area contributed by atoms with Crippen molar-refractivity contribution < 1.29 is 14.4 Å². The molecule has 7 nitrogen and oxygen atoms in total. The second-order valence-electron chi connectivity index (χ2n) is 6.70. The molecule has 2 aliphatic rings. The molecule has 25 heavy (non-hydrogen) atoms. The molecule has 2 atom stereocenters. The lowest BCUT2D eigenvalue weighted by atomic mass is 9.96. The van der Waals surface area contributed by atoms with Gasteiger partial charge in [0.2, 0.25) is 17.7 Å². The van der Waals surface area contributed by atoms with E-state index in [0.717, 1.165) is 32.1 Å². The normalized spacial score (nSPS) is 23.1. The minimum absolute atomic E-state index is 0. The van der Waals surface area contributed by atoms with Gasteiger partial charge >= 0.3 is 0 Å². The minimum Gasteiger partial charge on any atom is -0.355 e. The molecular formula is C17H31ClN4O3. The number of likely N-dealkylation sites (tertiary alicyclic amines) is 2. The van der Waals surface area contributed by atoms with Crippen molar-refractivity contribution in [3.63, 3.8) is 0 Å². The molecule has 2 rings (SSSR count). The van der Waals surface area contributed by atoms with Crippen molar-refractivity contribution in [3.8, 4) is 0 Å². The Balaban J connectivity index is 0.00000312. The van der Waals surface area contributed by atoms with Gasteiger partial charge in [-0.2, -0.15) is 0 Å². The van der Waals surface area contributed by atoms with E-state index in [4.69, 9.17) is 5.73 Å². The van der Waals surface area contributed by atoms with E-state index in [1.807, 2.05) is 6.92 Å². The Morgan fingerprint density at radius 1 is 1.16 bits per heavy atom. The molecule has 3 amide bonds. The molecule has 0 radical (unpaired) electrons. The number of nitrogens with zero attached hydrogens (tertiary/aromatic N) is 2. The fraction of sp³-hybridized carbons (Fsp3) is 0.824. The minimum atomic E-state index is -0.338. The number of amides is 3. The molecule has 0 aromatic heterocycles. The highest BCUT2D eigenvalue weighted by atomic mass is 35.5. The van der Waals surface area contributed by atoms with Crippen molar-refractivity contribution in [2.75, 3.05) is 32.7 Å². The van der Waals surface area contributed by atoms with Crippen LogP contribution in [0.2, 0.25) is 0 Å². The Labute approximate surface area is 156 Å². The number of hydrogen-bond donors (Lipinski definition) is 2. The van der Waals surface area contributed by atoms with Crippen molar-refractivity contribution in [1.82, 2.24) is 15.1 Å². The summed E-state index contributed by atoms with van der Waals surface area (Å²) in [7, 11) is 0. The Bertz CT molecular complexity index is 475. The van der Waals surface area contributed by atoms with E-state index in [2.05, 4.69) is 5.32 Å². The Morgan fingerprint density at radius 2 is 1.88 bits per heavy atom. The lowest BCUT2D eigenvalue weighted by Gasteiger charge is -2.35. The van der Waals surface area contributed by atoms with Gasteiger partial charge in [0.25, 0.3) is 0 Å². The van der Waals surface area contributed by atoms with Gasteiger partial charge in [0.1, 0.15) is 6.04 Å². The van der Waals surface area contributed by atoms with Crippen LogP contribution in [-0.2, 0) is 14.4 Å². The summed E-state index contributed by atoms with van der Waals surface area (Å²) in [5, 5.41) is 2.81. The number of carbonyl (C=O) groups is 3. The van der Waals surface area contributed by atoms with Crippen LogP contribution in [0.4, 0.5) is 0 Å². The van der Waals surface area contributed by atoms with Gasteiger partial charge in [0, 0.05) is 39.1 Å². The second-order valence-corrected chi connectivity index (χ2v) is 6.70. The van der Waals surface area contributed by atoms with Gasteiger partial charge in [-0.05, 0) is 32.1 Å². The molecule has 2 heterocycles. The average Bonchev–Trinajstić information content (AvgIpc) is 3.09. The largest absolute Gasteiger partial charge is 0.355 e. The van der Waals surface area contributed by atoms with E-state index in [9.17, 15) is 14.4 Å². The lowest BCUT2D eigenvalue weighted by Crippen LogP contribution is -2.52. The molecule has 0 aromatic rings. The maximum Gasteiger partial charge on any atom is 0.245 e. The standard InChI is InChI=1S/C17H30N4O3.ClH/c1-2-5-15(22)21-11-4-7-14(21)17(24)20-10-3-6-13(12-20)16(23)19-9-8-18;/h13-14H,2-12,18H2,1H3,(H,19,23);1H. The first-order valence-corrected chi connectivity index (χ1v) is 9.14. The smallest absolute Gasteiger partial charge is 0.245 e. The van der Waals surface area contributed by atoms with Crippen LogP contribution in [0, 0.1) is 5.92 Å². The van der Waals surface area contributed by atoms with E-state index < -0.39 is 0 Å². The van der Waals surface area contributed by atoms with Crippen LogP contribution in [-0.4, -0.2) is 66.3 Å². The summed E-state index contributed by atoms with van der Waals surface area (Å²) in [6.45, 7) is 4.64. The third kappa shape index (κ3) is 5.57. The Kier molecular flexibility index (Phi) is 9.21. The Morgan fingerprint density at radius 3 is 2.56 bits per heavy atom. The number of carbonyl (C=O) groups excluding carboxylic acids is 3. The van der Waals surface area contributed by atoms with Gasteiger partial charge in [-0.25, -0.2) is 0 Å². The lowest BCUT2D eigenvalue weighted by molar-refractivity contribution is -0.146. The molecule has 0 saturated carbocycles. The fourth-order valence-electron chi connectivity index (χ4n) is 3.62. The monoisotopic (exact) mass is 374 g/mol. The fourth-order valence-corrected chi connectivity index (χ4v) is 3.62. The zero-order chi connectivity index (χ0) is 17.5. The highest BCUT2D eigenvalue weighted by Crippen LogP contribution is 2.24. The second kappa shape index (κ2) is 10.6. The van der Waals surface area contributed by atoms with Crippen molar-refractivity contribution >= 4 is 30.1 Å². The first-order valence-electron chi connectivity index (χ1n) is 9.14. The van der Waals surface area contributed by atoms with Crippen molar-refractivity contribution in [3.05, 3.63) is 0 Å².